The molecule has 0 aliphatic rings. The third kappa shape index (κ3) is 2.20. The summed E-state index contributed by atoms with van der Waals surface area (Å²) in [5.74, 6) is 1.35. The number of benzene rings is 1. The topological polar surface area (TPSA) is 43.8 Å². The normalized spacial score (nSPS) is 11.6. The molecule has 0 aliphatic carbocycles. The molecular formula is C16H19N3S. The molecule has 0 fully saturated rings. The Balaban J connectivity index is 2.15. The highest BCUT2D eigenvalue weighted by Gasteiger charge is 2.18. The Labute approximate surface area is 123 Å². The average molecular weight is 285 g/mol. The molecule has 4 heteroatoms. The first-order valence-electron chi connectivity index (χ1n) is 6.86. The maximum atomic E-state index is 6.19. The molecule has 0 radical (unpaired) electrons. The third-order valence-corrected chi connectivity index (χ3v) is 4.59. The summed E-state index contributed by atoms with van der Waals surface area (Å²) in [4.78, 5) is 1.20. The van der Waals surface area contributed by atoms with Crippen LogP contribution in [0, 0.1) is 5.92 Å². The summed E-state index contributed by atoms with van der Waals surface area (Å²) in [7, 11) is 1.91. The van der Waals surface area contributed by atoms with Gasteiger partial charge in [-0.15, -0.1) is 11.3 Å². The van der Waals surface area contributed by atoms with Crippen molar-refractivity contribution in [2.24, 2.45) is 13.0 Å². The van der Waals surface area contributed by atoms with Gasteiger partial charge in [-0.1, -0.05) is 32.0 Å². The standard InChI is InChI=1S/C16H19N3S/c1-10(2)8-12-15(18-19(3)16(12)17)14-9-11-6-4-5-7-13(11)20-14/h4-7,9-10H,8,17H2,1-3H3. The van der Waals surface area contributed by atoms with Crippen LogP contribution in [0.3, 0.4) is 0 Å². The number of thiophene rings is 1. The highest BCUT2D eigenvalue weighted by atomic mass is 32.1. The van der Waals surface area contributed by atoms with Gasteiger partial charge < -0.3 is 5.73 Å². The van der Waals surface area contributed by atoms with Crippen molar-refractivity contribution in [2.75, 3.05) is 5.73 Å². The Kier molecular flexibility index (Phi) is 3.26. The highest BCUT2D eigenvalue weighted by Crippen LogP contribution is 2.36. The number of rotatable bonds is 3. The second-order valence-corrected chi connectivity index (χ2v) is 6.67. The lowest BCUT2D eigenvalue weighted by Gasteiger charge is -2.05. The van der Waals surface area contributed by atoms with Gasteiger partial charge in [0.15, 0.2) is 0 Å². The first-order chi connectivity index (χ1) is 9.56. The summed E-state index contributed by atoms with van der Waals surface area (Å²) in [5, 5.41) is 5.90. The summed E-state index contributed by atoms with van der Waals surface area (Å²) >= 11 is 1.78. The van der Waals surface area contributed by atoms with E-state index in [1.165, 1.54) is 20.5 Å². The number of nitrogens with zero attached hydrogens (tertiary/aromatic N) is 2. The maximum absolute atomic E-state index is 6.19. The fourth-order valence-electron chi connectivity index (χ4n) is 2.49. The fourth-order valence-corrected chi connectivity index (χ4v) is 3.56. The second kappa shape index (κ2) is 4.94. The zero-order valence-corrected chi connectivity index (χ0v) is 12.9. The van der Waals surface area contributed by atoms with Gasteiger partial charge in [-0.25, -0.2) is 0 Å². The van der Waals surface area contributed by atoms with E-state index in [2.05, 4.69) is 49.3 Å². The number of nitrogens with two attached hydrogens (primary N) is 1. The number of anilines is 1. The first-order valence-corrected chi connectivity index (χ1v) is 7.68. The summed E-state index contributed by atoms with van der Waals surface area (Å²) < 4.78 is 3.08. The van der Waals surface area contributed by atoms with Crippen molar-refractivity contribution >= 4 is 27.2 Å². The van der Waals surface area contributed by atoms with Crippen LogP contribution in [0.4, 0.5) is 5.82 Å². The van der Waals surface area contributed by atoms with Crippen LogP contribution >= 0.6 is 11.3 Å². The predicted octanol–water partition coefficient (Wildman–Crippen LogP) is 4.08. The van der Waals surface area contributed by atoms with Crippen molar-refractivity contribution in [3.63, 3.8) is 0 Å². The van der Waals surface area contributed by atoms with E-state index in [1.807, 2.05) is 7.05 Å². The van der Waals surface area contributed by atoms with Crippen LogP contribution in [-0.4, -0.2) is 9.78 Å². The molecule has 0 amide bonds. The van der Waals surface area contributed by atoms with Crippen LogP contribution < -0.4 is 5.73 Å². The van der Waals surface area contributed by atoms with Crippen LogP contribution in [-0.2, 0) is 13.5 Å². The molecule has 0 atom stereocenters. The zero-order valence-electron chi connectivity index (χ0n) is 12.1. The van der Waals surface area contributed by atoms with Gasteiger partial charge in [0, 0.05) is 17.3 Å². The number of hydrogen-bond acceptors (Lipinski definition) is 3. The van der Waals surface area contributed by atoms with Crippen LogP contribution in [0.1, 0.15) is 19.4 Å². The molecule has 1 aromatic carbocycles. The van der Waals surface area contributed by atoms with Crippen molar-refractivity contribution in [2.45, 2.75) is 20.3 Å². The Bertz CT molecular complexity index is 719. The molecule has 3 rings (SSSR count). The molecule has 2 aromatic heterocycles. The Morgan fingerprint density at radius 3 is 2.75 bits per heavy atom. The molecule has 0 saturated carbocycles. The lowest BCUT2D eigenvalue weighted by atomic mass is 10.0. The lowest BCUT2D eigenvalue weighted by Crippen LogP contribution is -2.01. The van der Waals surface area contributed by atoms with E-state index in [0.29, 0.717) is 5.92 Å². The predicted molar refractivity (Wildman–Crippen MR) is 87.0 cm³/mol. The summed E-state index contributed by atoms with van der Waals surface area (Å²) in [5.41, 5.74) is 8.40. The monoisotopic (exact) mass is 285 g/mol. The van der Waals surface area contributed by atoms with E-state index in [0.717, 1.165) is 17.9 Å². The molecule has 2 N–H and O–H groups in total. The highest BCUT2D eigenvalue weighted by molar-refractivity contribution is 7.22. The van der Waals surface area contributed by atoms with E-state index >= 15 is 0 Å². The molecule has 2 heterocycles. The number of hydrogen-bond donors (Lipinski definition) is 1. The number of aromatic nitrogens is 2. The van der Waals surface area contributed by atoms with Crippen LogP contribution in [0.2, 0.25) is 0 Å². The minimum absolute atomic E-state index is 0.564. The summed E-state index contributed by atoms with van der Waals surface area (Å²) in [6, 6.07) is 10.7. The van der Waals surface area contributed by atoms with E-state index in [1.54, 1.807) is 16.0 Å². The van der Waals surface area contributed by atoms with Gasteiger partial charge in [-0.05, 0) is 29.9 Å². The molecular weight excluding hydrogens is 266 g/mol. The SMILES string of the molecule is CC(C)Cc1c(-c2cc3ccccc3s2)nn(C)c1N. The number of fused-ring (bicyclic) bond motifs is 1. The first kappa shape index (κ1) is 13.2. The molecule has 0 aliphatic heterocycles. The van der Waals surface area contributed by atoms with E-state index in [-0.39, 0.29) is 0 Å². The molecule has 0 unspecified atom stereocenters. The van der Waals surface area contributed by atoms with Gasteiger partial charge in [0.2, 0.25) is 0 Å². The number of aryl methyl sites for hydroxylation is 1. The van der Waals surface area contributed by atoms with Crippen molar-refractivity contribution < 1.29 is 0 Å². The van der Waals surface area contributed by atoms with Crippen molar-refractivity contribution in [3.05, 3.63) is 35.9 Å². The van der Waals surface area contributed by atoms with Crippen molar-refractivity contribution in [1.82, 2.24) is 9.78 Å². The van der Waals surface area contributed by atoms with E-state index < -0.39 is 0 Å². The van der Waals surface area contributed by atoms with E-state index in [9.17, 15) is 0 Å². The average Bonchev–Trinajstić information content (AvgIpc) is 2.94. The van der Waals surface area contributed by atoms with E-state index in [4.69, 9.17) is 5.73 Å². The molecule has 3 aromatic rings. The lowest BCUT2D eigenvalue weighted by molar-refractivity contribution is 0.649. The minimum Gasteiger partial charge on any atom is -0.384 e. The quantitative estimate of drug-likeness (QED) is 0.788. The van der Waals surface area contributed by atoms with Gasteiger partial charge in [0.25, 0.3) is 0 Å². The Hall–Kier alpha value is -1.81. The van der Waals surface area contributed by atoms with Crippen LogP contribution in [0.5, 0.6) is 0 Å². The summed E-state index contributed by atoms with van der Waals surface area (Å²) in [6.45, 7) is 4.42. The molecule has 0 bridgehead atoms. The van der Waals surface area contributed by atoms with Crippen LogP contribution in [0.25, 0.3) is 20.7 Å². The second-order valence-electron chi connectivity index (χ2n) is 5.58. The molecule has 3 nitrogen and oxygen atoms in total. The molecule has 104 valence electrons. The van der Waals surface area contributed by atoms with Crippen molar-refractivity contribution in [3.8, 4) is 10.6 Å². The van der Waals surface area contributed by atoms with Gasteiger partial charge in [0.1, 0.15) is 11.5 Å². The summed E-state index contributed by atoms with van der Waals surface area (Å²) in [6.07, 6.45) is 0.962. The number of nitrogen functional groups attached to an aromatic ring is 1. The maximum Gasteiger partial charge on any atom is 0.125 e. The minimum atomic E-state index is 0.564. The van der Waals surface area contributed by atoms with Gasteiger partial charge in [0.05, 0.1) is 4.88 Å². The molecule has 0 spiro atoms. The van der Waals surface area contributed by atoms with Gasteiger partial charge >= 0.3 is 0 Å². The molecule has 20 heavy (non-hydrogen) atoms. The smallest absolute Gasteiger partial charge is 0.125 e. The van der Waals surface area contributed by atoms with Crippen LogP contribution in [0.15, 0.2) is 30.3 Å². The molecule has 0 saturated heterocycles. The van der Waals surface area contributed by atoms with Gasteiger partial charge in [-0.2, -0.15) is 5.10 Å². The fraction of sp³-hybridized carbons (Fsp3) is 0.312. The third-order valence-electron chi connectivity index (χ3n) is 3.46. The van der Waals surface area contributed by atoms with Gasteiger partial charge in [-0.3, -0.25) is 4.68 Å². The van der Waals surface area contributed by atoms with Crippen molar-refractivity contribution in [1.29, 1.82) is 0 Å². The largest absolute Gasteiger partial charge is 0.384 e. The Morgan fingerprint density at radius 2 is 2.05 bits per heavy atom. The zero-order chi connectivity index (χ0) is 14.3. The Morgan fingerprint density at radius 1 is 1.30 bits per heavy atom.